The Balaban J connectivity index is 2.45. The molecule has 0 bridgehead atoms. The van der Waals surface area contributed by atoms with Crippen LogP contribution in [-0.4, -0.2) is 16.3 Å². The largest absolute Gasteiger partial charge is 0.330 e. The van der Waals surface area contributed by atoms with E-state index in [0.29, 0.717) is 5.41 Å². The zero-order valence-corrected chi connectivity index (χ0v) is 9.46. The van der Waals surface area contributed by atoms with Gasteiger partial charge in [0.15, 0.2) is 0 Å². The maximum Gasteiger partial charge on any atom is 0.0631 e. The molecule has 0 amide bonds. The molecule has 2 rings (SSSR count). The quantitative estimate of drug-likeness (QED) is 0.770. The monoisotopic (exact) mass is 193 g/mol. The molecule has 1 atom stereocenters. The molecular formula is C11H19N3. The summed E-state index contributed by atoms with van der Waals surface area (Å²) < 4.78 is 1.89. The van der Waals surface area contributed by atoms with E-state index in [0.717, 1.165) is 12.2 Å². The van der Waals surface area contributed by atoms with Gasteiger partial charge in [-0.15, -0.1) is 0 Å². The van der Waals surface area contributed by atoms with Gasteiger partial charge in [0.1, 0.15) is 0 Å². The molecule has 0 spiro atoms. The van der Waals surface area contributed by atoms with Crippen LogP contribution in [0, 0.1) is 12.3 Å². The zero-order valence-electron chi connectivity index (χ0n) is 9.46. The molecule has 3 heteroatoms. The molecule has 0 aliphatic heterocycles. The first-order valence-corrected chi connectivity index (χ1v) is 5.14. The first kappa shape index (κ1) is 9.71. The van der Waals surface area contributed by atoms with Gasteiger partial charge in [-0.1, -0.05) is 13.8 Å². The van der Waals surface area contributed by atoms with Crippen molar-refractivity contribution in [2.45, 2.75) is 32.6 Å². The van der Waals surface area contributed by atoms with Gasteiger partial charge in [-0.2, -0.15) is 5.10 Å². The first-order chi connectivity index (χ1) is 6.43. The van der Waals surface area contributed by atoms with Crippen LogP contribution < -0.4 is 5.73 Å². The molecule has 1 aliphatic carbocycles. The highest BCUT2D eigenvalue weighted by atomic mass is 15.3. The Bertz CT molecular complexity index is 365. The minimum Gasteiger partial charge on any atom is -0.330 e. The van der Waals surface area contributed by atoms with E-state index in [4.69, 9.17) is 5.73 Å². The highest BCUT2D eigenvalue weighted by molar-refractivity contribution is 5.38. The van der Waals surface area contributed by atoms with Crippen molar-refractivity contribution in [3.63, 3.8) is 0 Å². The molecule has 1 aromatic rings. The maximum absolute atomic E-state index is 5.92. The first-order valence-electron chi connectivity index (χ1n) is 5.14. The Morgan fingerprint density at radius 1 is 1.57 bits per heavy atom. The van der Waals surface area contributed by atoms with E-state index in [9.17, 15) is 0 Å². The third-order valence-corrected chi connectivity index (χ3v) is 3.79. The summed E-state index contributed by atoms with van der Waals surface area (Å²) in [5.74, 6) is 0. The van der Waals surface area contributed by atoms with E-state index in [1.165, 1.54) is 12.0 Å². The van der Waals surface area contributed by atoms with Crippen molar-refractivity contribution in [1.82, 2.24) is 9.78 Å². The molecule has 78 valence electrons. The highest BCUT2D eigenvalue weighted by Gasteiger charge is 2.62. The Morgan fingerprint density at radius 3 is 2.43 bits per heavy atom. The fourth-order valence-electron chi connectivity index (χ4n) is 2.70. The van der Waals surface area contributed by atoms with Crippen LogP contribution in [0.1, 0.15) is 31.5 Å². The van der Waals surface area contributed by atoms with Crippen molar-refractivity contribution in [2.75, 3.05) is 6.54 Å². The van der Waals surface area contributed by atoms with Crippen LogP contribution in [0.25, 0.3) is 0 Å². The van der Waals surface area contributed by atoms with E-state index < -0.39 is 0 Å². The van der Waals surface area contributed by atoms with Crippen LogP contribution in [-0.2, 0) is 12.5 Å². The van der Waals surface area contributed by atoms with Gasteiger partial charge in [0.05, 0.1) is 5.69 Å². The van der Waals surface area contributed by atoms with Crippen LogP contribution >= 0.6 is 0 Å². The van der Waals surface area contributed by atoms with E-state index in [2.05, 4.69) is 32.1 Å². The Labute approximate surface area is 85.3 Å². The zero-order chi connectivity index (χ0) is 10.6. The smallest absolute Gasteiger partial charge is 0.0631 e. The van der Waals surface area contributed by atoms with Crippen LogP contribution in [0.4, 0.5) is 0 Å². The molecule has 0 aromatic carbocycles. The van der Waals surface area contributed by atoms with E-state index in [1.54, 1.807) is 0 Å². The molecule has 2 N–H and O–H groups in total. The highest BCUT2D eigenvalue weighted by Crippen LogP contribution is 2.64. The minimum absolute atomic E-state index is 0.186. The molecule has 1 unspecified atom stereocenters. The summed E-state index contributed by atoms with van der Waals surface area (Å²) >= 11 is 0. The van der Waals surface area contributed by atoms with Gasteiger partial charge in [0.2, 0.25) is 0 Å². The van der Waals surface area contributed by atoms with Gasteiger partial charge < -0.3 is 5.73 Å². The predicted molar refractivity (Wildman–Crippen MR) is 57.1 cm³/mol. The van der Waals surface area contributed by atoms with Crippen molar-refractivity contribution in [2.24, 2.45) is 18.2 Å². The van der Waals surface area contributed by atoms with E-state index in [1.807, 2.05) is 11.7 Å². The van der Waals surface area contributed by atoms with Gasteiger partial charge in [0, 0.05) is 30.8 Å². The summed E-state index contributed by atoms with van der Waals surface area (Å²) in [4.78, 5) is 0. The average Bonchev–Trinajstić information content (AvgIpc) is 2.48. The molecule has 1 aromatic heterocycles. The second kappa shape index (κ2) is 2.60. The van der Waals surface area contributed by atoms with Crippen molar-refractivity contribution < 1.29 is 0 Å². The molecule has 0 saturated heterocycles. The van der Waals surface area contributed by atoms with Gasteiger partial charge in [-0.05, 0) is 18.8 Å². The number of nitrogens with zero attached hydrogens (tertiary/aromatic N) is 2. The number of nitrogens with two attached hydrogens (primary N) is 1. The Hall–Kier alpha value is -0.830. The Kier molecular flexibility index (Phi) is 1.80. The van der Waals surface area contributed by atoms with Gasteiger partial charge in [0.25, 0.3) is 0 Å². The molecule has 3 nitrogen and oxygen atoms in total. The molecule has 1 aliphatic rings. The van der Waals surface area contributed by atoms with Crippen molar-refractivity contribution >= 4 is 0 Å². The average molecular weight is 193 g/mol. The molecular weight excluding hydrogens is 174 g/mol. The number of aromatic nitrogens is 2. The summed E-state index contributed by atoms with van der Waals surface area (Å²) in [6.07, 6.45) is 3.31. The summed E-state index contributed by atoms with van der Waals surface area (Å²) in [6, 6.07) is 0. The SMILES string of the molecule is Cc1nn(C)cc1C1(CN)CC1(C)C. The van der Waals surface area contributed by atoms with E-state index in [-0.39, 0.29) is 5.41 Å². The molecule has 14 heavy (non-hydrogen) atoms. The lowest BCUT2D eigenvalue weighted by Crippen LogP contribution is -2.25. The standard InChI is InChI=1S/C11H19N3/c1-8-9(5-14(4)13-8)11(7-12)6-10(11,2)3/h5H,6-7,12H2,1-4H3. The summed E-state index contributed by atoms with van der Waals surface area (Å²) in [7, 11) is 1.97. The molecule has 1 saturated carbocycles. The molecule has 1 heterocycles. The third kappa shape index (κ3) is 1.05. The van der Waals surface area contributed by atoms with Crippen LogP contribution in [0.5, 0.6) is 0 Å². The van der Waals surface area contributed by atoms with E-state index >= 15 is 0 Å². The topological polar surface area (TPSA) is 43.8 Å². The van der Waals surface area contributed by atoms with Crippen LogP contribution in [0.3, 0.4) is 0 Å². The van der Waals surface area contributed by atoms with Crippen LogP contribution in [0.2, 0.25) is 0 Å². The van der Waals surface area contributed by atoms with Crippen LogP contribution in [0.15, 0.2) is 6.20 Å². The Morgan fingerprint density at radius 2 is 2.14 bits per heavy atom. The number of hydrogen-bond donors (Lipinski definition) is 1. The molecule has 1 fully saturated rings. The lowest BCUT2D eigenvalue weighted by atomic mass is 9.88. The second-order valence-corrected chi connectivity index (χ2v) is 5.15. The lowest BCUT2D eigenvalue weighted by molar-refractivity contribution is 0.501. The summed E-state index contributed by atoms with van der Waals surface area (Å²) in [5.41, 5.74) is 8.91. The van der Waals surface area contributed by atoms with Gasteiger partial charge >= 0.3 is 0 Å². The number of rotatable bonds is 2. The van der Waals surface area contributed by atoms with Crippen molar-refractivity contribution in [3.05, 3.63) is 17.5 Å². The molecule has 0 radical (unpaired) electrons. The third-order valence-electron chi connectivity index (χ3n) is 3.79. The normalized spacial score (nSPS) is 29.2. The van der Waals surface area contributed by atoms with Gasteiger partial charge in [-0.25, -0.2) is 0 Å². The second-order valence-electron chi connectivity index (χ2n) is 5.15. The maximum atomic E-state index is 5.92. The fourth-order valence-corrected chi connectivity index (χ4v) is 2.70. The number of hydrogen-bond acceptors (Lipinski definition) is 2. The minimum atomic E-state index is 0.186. The summed E-state index contributed by atoms with van der Waals surface area (Å²) in [6.45, 7) is 7.37. The van der Waals surface area contributed by atoms with Gasteiger partial charge in [-0.3, -0.25) is 4.68 Å². The summed E-state index contributed by atoms with van der Waals surface area (Å²) in [5, 5.41) is 4.39. The van der Waals surface area contributed by atoms with Crippen molar-refractivity contribution in [3.8, 4) is 0 Å². The fraction of sp³-hybridized carbons (Fsp3) is 0.727. The lowest BCUT2D eigenvalue weighted by Gasteiger charge is -2.17. The van der Waals surface area contributed by atoms with Crippen molar-refractivity contribution in [1.29, 1.82) is 0 Å². The number of aryl methyl sites for hydroxylation is 2. The predicted octanol–water partition coefficient (Wildman–Crippen LogP) is 1.35.